The molecule has 1 N–H and O–H groups in total. The van der Waals surface area contributed by atoms with E-state index in [0.717, 1.165) is 0 Å². The molecule has 6 nitrogen and oxygen atoms in total. The van der Waals surface area contributed by atoms with Gasteiger partial charge in [0.15, 0.2) is 12.3 Å². The molecule has 0 aliphatic heterocycles. The lowest BCUT2D eigenvalue weighted by Gasteiger charge is -2.10. The molecule has 0 aliphatic rings. The molecular weight excluding hydrogens is 238 g/mol. The Morgan fingerprint density at radius 3 is 2.83 bits per heavy atom. The summed E-state index contributed by atoms with van der Waals surface area (Å²) in [5.41, 5.74) is 1.07. The van der Waals surface area contributed by atoms with Crippen LogP contribution in [0.3, 0.4) is 0 Å². The second-order valence-corrected chi connectivity index (χ2v) is 4.18. The summed E-state index contributed by atoms with van der Waals surface area (Å²) in [6.07, 6.45) is 1.46. The molecule has 2 rings (SSSR count). The van der Waals surface area contributed by atoms with Crippen LogP contribution in [0.2, 0.25) is 0 Å². The van der Waals surface area contributed by atoms with E-state index in [1.54, 1.807) is 19.9 Å². The maximum Gasteiger partial charge on any atom is 0.352 e. The number of furan rings is 1. The fourth-order valence-electron chi connectivity index (χ4n) is 1.59. The van der Waals surface area contributed by atoms with Crippen molar-refractivity contribution < 1.29 is 23.8 Å². The van der Waals surface area contributed by atoms with Gasteiger partial charge >= 0.3 is 11.9 Å². The smallest absolute Gasteiger partial charge is 0.352 e. The van der Waals surface area contributed by atoms with Crippen LogP contribution in [-0.2, 0) is 16.3 Å². The zero-order valence-electron chi connectivity index (χ0n) is 10.0. The topological polar surface area (TPSA) is 81.7 Å². The number of aromatic nitrogens is 1. The molecule has 2 aromatic rings. The number of carbonyl (C=O) groups is 2. The Labute approximate surface area is 103 Å². The largest absolute Gasteiger partial charge is 0.477 e. The van der Waals surface area contributed by atoms with Crippen LogP contribution in [0.15, 0.2) is 22.8 Å². The number of esters is 1. The van der Waals surface area contributed by atoms with Gasteiger partial charge in [0.25, 0.3) is 0 Å². The van der Waals surface area contributed by atoms with Crippen molar-refractivity contribution in [2.24, 2.45) is 5.92 Å². The number of carboxylic acids is 1. The Kier molecular flexibility index (Phi) is 3.10. The molecule has 2 aromatic heterocycles. The van der Waals surface area contributed by atoms with Gasteiger partial charge in [0.2, 0.25) is 0 Å². The number of carboxylic acid groups (broad SMARTS) is 1. The second-order valence-electron chi connectivity index (χ2n) is 4.18. The first kappa shape index (κ1) is 12.2. The van der Waals surface area contributed by atoms with Crippen LogP contribution in [0.1, 0.15) is 24.3 Å². The highest BCUT2D eigenvalue weighted by atomic mass is 16.5. The number of nitrogens with zero attached hydrogens (tertiary/aromatic N) is 1. The van der Waals surface area contributed by atoms with Gasteiger partial charge in [-0.05, 0) is 0 Å². The number of hydrogen-bond donors (Lipinski definition) is 1. The number of ether oxygens (including phenoxy) is 1. The molecule has 0 saturated carbocycles. The Hall–Kier alpha value is -2.24. The summed E-state index contributed by atoms with van der Waals surface area (Å²) in [6, 6.07) is 3.03. The van der Waals surface area contributed by atoms with Gasteiger partial charge in [-0.25, -0.2) is 4.79 Å². The van der Waals surface area contributed by atoms with Crippen molar-refractivity contribution in [3.8, 4) is 0 Å². The monoisotopic (exact) mass is 251 g/mol. The van der Waals surface area contributed by atoms with Crippen LogP contribution in [0.5, 0.6) is 0 Å². The van der Waals surface area contributed by atoms with E-state index in [-0.39, 0.29) is 24.3 Å². The third-order valence-corrected chi connectivity index (χ3v) is 2.55. The number of hydrogen-bond acceptors (Lipinski definition) is 4. The zero-order chi connectivity index (χ0) is 13.3. The van der Waals surface area contributed by atoms with E-state index in [9.17, 15) is 9.59 Å². The lowest BCUT2D eigenvalue weighted by molar-refractivity contribution is -0.151. The number of rotatable bonds is 4. The van der Waals surface area contributed by atoms with Crippen LogP contribution in [0, 0.1) is 5.92 Å². The third-order valence-electron chi connectivity index (χ3n) is 2.55. The Morgan fingerprint density at radius 2 is 2.22 bits per heavy atom. The van der Waals surface area contributed by atoms with Crippen molar-refractivity contribution in [2.75, 3.05) is 0 Å². The molecule has 0 atom stereocenters. The molecule has 0 saturated heterocycles. The Balaban J connectivity index is 2.30. The predicted molar refractivity (Wildman–Crippen MR) is 62.1 cm³/mol. The zero-order valence-corrected chi connectivity index (χ0v) is 10.0. The van der Waals surface area contributed by atoms with Gasteiger partial charge in [0.1, 0.15) is 5.69 Å². The lowest BCUT2D eigenvalue weighted by Crippen LogP contribution is -2.17. The molecule has 18 heavy (non-hydrogen) atoms. The maximum atomic E-state index is 11.4. The summed E-state index contributed by atoms with van der Waals surface area (Å²) in [5, 5.41) is 9.06. The molecule has 0 amide bonds. The standard InChI is InChI=1S/C12H13NO5/c1-7(2)12(16)18-6-13-8-3-4-17-10(8)5-9(13)11(14)15/h3-5,7H,6H2,1-2H3,(H,14,15). The van der Waals surface area contributed by atoms with Crippen LogP contribution < -0.4 is 0 Å². The first-order chi connectivity index (χ1) is 8.50. The van der Waals surface area contributed by atoms with Crippen molar-refractivity contribution in [1.29, 1.82) is 0 Å². The van der Waals surface area contributed by atoms with E-state index in [1.165, 1.54) is 16.9 Å². The number of fused-ring (bicyclic) bond motifs is 1. The molecule has 0 bridgehead atoms. The van der Waals surface area contributed by atoms with Crippen molar-refractivity contribution >= 4 is 23.0 Å². The number of carbonyl (C=O) groups excluding carboxylic acids is 1. The Morgan fingerprint density at radius 1 is 1.50 bits per heavy atom. The average molecular weight is 251 g/mol. The highest BCUT2D eigenvalue weighted by Crippen LogP contribution is 2.21. The van der Waals surface area contributed by atoms with Crippen molar-refractivity contribution in [1.82, 2.24) is 4.57 Å². The molecular formula is C12H13NO5. The first-order valence-electron chi connectivity index (χ1n) is 5.47. The molecule has 0 aliphatic carbocycles. The van der Waals surface area contributed by atoms with Gasteiger partial charge in [-0.15, -0.1) is 0 Å². The van der Waals surface area contributed by atoms with Crippen LogP contribution in [-0.4, -0.2) is 21.6 Å². The van der Waals surface area contributed by atoms with Gasteiger partial charge in [0, 0.05) is 12.1 Å². The van der Waals surface area contributed by atoms with Crippen LogP contribution >= 0.6 is 0 Å². The summed E-state index contributed by atoms with van der Waals surface area (Å²) in [7, 11) is 0. The third kappa shape index (κ3) is 2.09. The fourth-order valence-corrected chi connectivity index (χ4v) is 1.59. The van der Waals surface area contributed by atoms with Crippen molar-refractivity contribution in [2.45, 2.75) is 20.6 Å². The quantitative estimate of drug-likeness (QED) is 0.841. The van der Waals surface area contributed by atoms with Gasteiger partial charge in [-0.1, -0.05) is 13.8 Å². The molecule has 0 fully saturated rings. The maximum absolute atomic E-state index is 11.4. The molecule has 6 heteroatoms. The summed E-state index contributed by atoms with van der Waals surface area (Å²) >= 11 is 0. The van der Waals surface area contributed by atoms with E-state index in [4.69, 9.17) is 14.3 Å². The molecule has 0 spiro atoms. The van der Waals surface area contributed by atoms with Crippen molar-refractivity contribution in [3.63, 3.8) is 0 Å². The molecule has 0 unspecified atom stereocenters. The highest BCUT2D eigenvalue weighted by molar-refractivity contribution is 5.92. The first-order valence-corrected chi connectivity index (χ1v) is 5.47. The molecule has 0 aromatic carbocycles. The van der Waals surface area contributed by atoms with Gasteiger partial charge in [-0.3, -0.25) is 9.36 Å². The second kappa shape index (κ2) is 4.56. The van der Waals surface area contributed by atoms with Gasteiger partial charge in [0.05, 0.1) is 17.7 Å². The average Bonchev–Trinajstić information content (AvgIpc) is 2.85. The van der Waals surface area contributed by atoms with Crippen LogP contribution in [0.25, 0.3) is 11.1 Å². The van der Waals surface area contributed by atoms with Gasteiger partial charge in [-0.2, -0.15) is 0 Å². The summed E-state index contributed by atoms with van der Waals surface area (Å²) in [6.45, 7) is 3.29. The Bertz CT molecular complexity index is 593. The van der Waals surface area contributed by atoms with E-state index in [1.807, 2.05) is 0 Å². The minimum Gasteiger partial charge on any atom is -0.477 e. The molecule has 96 valence electrons. The van der Waals surface area contributed by atoms with E-state index < -0.39 is 5.97 Å². The lowest BCUT2D eigenvalue weighted by atomic mass is 10.2. The predicted octanol–water partition coefficient (Wildman–Crippen LogP) is 2.09. The summed E-state index contributed by atoms with van der Waals surface area (Å²) < 4.78 is 11.5. The highest BCUT2D eigenvalue weighted by Gasteiger charge is 2.18. The normalized spacial score (nSPS) is 11.1. The summed E-state index contributed by atoms with van der Waals surface area (Å²) in [4.78, 5) is 22.5. The van der Waals surface area contributed by atoms with Crippen LogP contribution in [0.4, 0.5) is 0 Å². The van der Waals surface area contributed by atoms with E-state index >= 15 is 0 Å². The molecule has 2 heterocycles. The number of aromatic carboxylic acids is 1. The fraction of sp³-hybridized carbons (Fsp3) is 0.333. The molecule has 0 radical (unpaired) electrons. The SMILES string of the molecule is CC(C)C(=O)OCn1c(C(=O)O)cc2occc21. The van der Waals surface area contributed by atoms with Gasteiger partial charge < -0.3 is 14.3 Å². The van der Waals surface area contributed by atoms with E-state index in [0.29, 0.717) is 11.1 Å². The van der Waals surface area contributed by atoms with E-state index in [2.05, 4.69) is 0 Å². The van der Waals surface area contributed by atoms with Crippen molar-refractivity contribution in [3.05, 3.63) is 24.1 Å². The minimum atomic E-state index is -1.10. The minimum absolute atomic E-state index is 0.0286. The summed E-state index contributed by atoms with van der Waals surface area (Å²) in [5.74, 6) is -1.73.